The Kier molecular flexibility index (Phi) is 4.02. The Labute approximate surface area is 109 Å². The molecule has 1 aromatic rings. The first-order chi connectivity index (χ1) is 8.61. The van der Waals surface area contributed by atoms with Crippen LogP contribution in [-0.4, -0.2) is 30.4 Å². The van der Waals surface area contributed by atoms with Crippen molar-refractivity contribution in [2.45, 2.75) is 38.8 Å². The van der Waals surface area contributed by atoms with E-state index in [4.69, 9.17) is 0 Å². The van der Waals surface area contributed by atoms with E-state index in [0.29, 0.717) is 0 Å². The van der Waals surface area contributed by atoms with Crippen molar-refractivity contribution < 1.29 is 4.79 Å². The molecule has 1 fully saturated rings. The van der Waals surface area contributed by atoms with Crippen molar-refractivity contribution in [3.8, 4) is 0 Å². The predicted octanol–water partition coefficient (Wildman–Crippen LogP) is 2.27. The summed E-state index contributed by atoms with van der Waals surface area (Å²) >= 11 is 0. The molecule has 3 nitrogen and oxygen atoms in total. The van der Waals surface area contributed by atoms with Gasteiger partial charge in [0, 0.05) is 19.6 Å². The first-order valence-corrected chi connectivity index (χ1v) is 6.69. The quantitative estimate of drug-likeness (QED) is 0.884. The van der Waals surface area contributed by atoms with Crippen LogP contribution < -0.4 is 5.32 Å². The smallest absolute Gasteiger partial charge is 0.239 e. The maximum absolute atomic E-state index is 11.9. The molecule has 18 heavy (non-hydrogen) atoms. The van der Waals surface area contributed by atoms with Gasteiger partial charge >= 0.3 is 0 Å². The highest BCUT2D eigenvalue weighted by Gasteiger charge is 2.30. The fourth-order valence-electron chi connectivity index (χ4n) is 2.47. The van der Waals surface area contributed by atoms with E-state index in [2.05, 4.69) is 43.4 Å². The van der Waals surface area contributed by atoms with Crippen LogP contribution in [0.25, 0.3) is 0 Å². The highest BCUT2D eigenvalue weighted by atomic mass is 16.2. The van der Waals surface area contributed by atoms with E-state index < -0.39 is 0 Å². The standard InChI is InChI=1S/C15H22N2O/c1-4-13(12-7-5-11(2)6-8-12)16-14-9-10-17(3)15(14)18/h5-8,13-14,16H,4,9-10H2,1-3H3. The number of carbonyl (C=O) groups is 1. The number of rotatable bonds is 4. The van der Waals surface area contributed by atoms with Crippen LogP contribution in [0.4, 0.5) is 0 Å². The van der Waals surface area contributed by atoms with E-state index in [1.807, 2.05) is 7.05 Å². The van der Waals surface area contributed by atoms with E-state index in [1.54, 1.807) is 4.90 Å². The monoisotopic (exact) mass is 246 g/mol. The molecule has 2 unspecified atom stereocenters. The minimum absolute atomic E-state index is 0.0127. The maximum atomic E-state index is 11.9. The van der Waals surface area contributed by atoms with Crippen molar-refractivity contribution in [1.29, 1.82) is 0 Å². The second kappa shape index (κ2) is 5.53. The molecular formula is C15H22N2O. The molecule has 98 valence electrons. The minimum atomic E-state index is -0.0127. The zero-order valence-corrected chi connectivity index (χ0v) is 11.4. The largest absolute Gasteiger partial charge is 0.344 e. The predicted molar refractivity (Wildman–Crippen MR) is 73.4 cm³/mol. The van der Waals surface area contributed by atoms with Crippen molar-refractivity contribution >= 4 is 5.91 Å². The molecule has 0 aromatic heterocycles. The molecule has 2 rings (SSSR count). The van der Waals surface area contributed by atoms with Gasteiger partial charge in [0.15, 0.2) is 0 Å². The summed E-state index contributed by atoms with van der Waals surface area (Å²) in [4.78, 5) is 13.7. The topological polar surface area (TPSA) is 32.3 Å². The van der Waals surface area contributed by atoms with Crippen LogP contribution in [0.2, 0.25) is 0 Å². The Bertz CT molecular complexity index is 413. The number of likely N-dealkylation sites (N-methyl/N-ethyl adjacent to an activating group) is 1. The van der Waals surface area contributed by atoms with E-state index in [0.717, 1.165) is 19.4 Å². The minimum Gasteiger partial charge on any atom is -0.344 e. The summed E-state index contributed by atoms with van der Waals surface area (Å²) in [6.45, 7) is 5.11. The number of hydrogen-bond donors (Lipinski definition) is 1. The Morgan fingerprint density at radius 1 is 1.39 bits per heavy atom. The summed E-state index contributed by atoms with van der Waals surface area (Å²) in [5.74, 6) is 0.223. The van der Waals surface area contributed by atoms with Gasteiger partial charge in [0.1, 0.15) is 0 Å². The number of benzene rings is 1. The van der Waals surface area contributed by atoms with Gasteiger partial charge in [-0.1, -0.05) is 36.8 Å². The van der Waals surface area contributed by atoms with Gasteiger partial charge < -0.3 is 4.90 Å². The molecule has 0 saturated carbocycles. The zero-order valence-electron chi connectivity index (χ0n) is 11.4. The molecule has 1 amide bonds. The Morgan fingerprint density at radius 2 is 2.06 bits per heavy atom. The van der Waals surface area contributed by atoms with Crippen LogP contribution in [0.5, 0.6) is 0 Å². The molecule has 1 aromatic carbocycles. The van der Waals surface area contributed by atoms with Gasteiger partial charge in [0.2, 0.25) is 5.91 Å². The second-order valence-corrected chi connectivity index (χ2v) is 5.14. The van der Waals surface area contributed by atoms with Gasteiger partial charge in [0.05, 0.1) is 6.04 Å². The molecule has 0 aliphatic carbocycles. The maximum Gasteiger partial charge on any atom is 0.239 e. The summed E-state index contributed by atoms with van der Waals surface area (Å²) in [5, 5.41) is 3.49. The highest BCUT2D eigenvalue weighted by molar-refractivity contribution is 5.83. The van der Waals surface area contributed by atoms with Crippen LogP contribution >= 0.6 is 0 Å². The molecule has 0 spiro atoms. The number of amides is 1. The Balaban J connectivity index is 2.06. The lowest BCUT2D eigenvalue weighted by Crippen LogP contribution is -2.39. The Hall–Kier alpha value is -1.35. The summed E-state index contributed by atoms with van der Waals surface area (Å²) in [5.41, 5.74) is 2.54. The van der Waals surface area contributed by atoms with Crippen molar-refractivity contribution in [3.63, 3.8) is 0 Å². The number of nitrogens with one attached hydrogen (secondary N) is 1. The average molecular weight is 246 g/mol. The third-order valence-electron chi connectivity index (χ3n) is 3.72. The molecule has 1 aliphatic rings. The first kappa shape index (κ1) is 13.1. The van der Waals surface area contributed by atoms with Crippen LogP contribution in [0.15, 0.2) is 24.3 Å². The van der Waals surface area contributed by atoms with Gasteiger partial charge in [-0.25, -0.2) is 0 Å². The van der Waals surface area contributed by atoms with Gasteiger partial charge in [-0.15, -0.1) is 0 Å². The lowest BCUT2D eigenvalue weighted by atomic mass is 10.0. The lowest BCUT2D eigenvalue weighted by Gasteiger charge is -2.21. The molecule has 1 heterocycles. The molecule has 1 saturated heterocycles. The summed E-state index contributed by atoms with van der Waals surface area (Å²) in [6.07, 6.45) is 1.91. The van der Waals surface area contributed by atoms with Gasteiger partial charge in [-0.2, -0.15) is 0 Å². The Morgan fingerprint density at radius 3 is 2.56 bits per heavy atom. The van der Waals surface area contributed by atoms with Crippen LogP contribution in [0, 0.1) is 6.92 Å². The molecule has 0 radical (unpaired) electrons. The molecule has 2 atom stereocenters. The van der Waals surface area contributed by atoms with Gasteiger partial charge in [0.25, 0.3) is 0 Å². The van der Waals surface area contributed by atoms with Crippen molar-refractivity contribution in [2.24, 2.45) is 0 Å². The molecule has 3 heteroatoms. The van der Waals surface area contributed by atoms with Crippen LogP contribution in [0.1, 0.15) is 36.9 Å². The van der Waals surface area contributed by atoms with E-state index in [9.17, 15) is 4.79 Å². The normalized spacial score (nSPS) is 21.4. The number of hydrogen-bond acceptors (Lipinski definition) is 2. The fourth-order valence-corrected chi connectivity index (χ4v) is 2.47. The average Bonchev–Trinajstić information content (AvgIpc) is 2.69. The molecule has 1 N–H and O–H groups in total. The third kappa shape index (κ3) is 2.72. The van der Waals surface area contributed by atoms with Crippen molar-refractivity contribution in [3.05, 3.63) is 35.4 Å². The van der Waals surface area contributed by atoms with Crippen LogP contribution in [-0.2, 0) is 4.79 Å². The summed E-state index contributed by atoms with van der Waals surface area (Å²) in [7, 11) is 1.87. The van der Waals surface area contributed by atoms with E-state index in [1.165, 1.54) is 11.1 Å². The number of aryl methyl sites for hydroxylation is 1. The number of likely N-dealkylation sites (tertiary alicyclic amines) is 1. The van der Waals surface area contributed by atoms with Gasteiger partial charge in [-0.3, -0.25) is 10.1 Å². The summed E-state index contributed by atoms with van der Waals surface area (Å²) in [6, 6.07) is 8.82. The van der Waals surface area contributed by atoms with E-state index in [-0.39, 0.29) is 18.0 Å². The molecule has 0 bridgehead atoms. The number of nitrogens with zero attached hydrogens (tertiary/aromatic N) is 1. The van der Waals surface area contributed by atoms with Crippen LogP contribution in [0.3, 0.4) is 0 Å². The molecule has 1 aliphatic heterocycles. The third-order valence-corrected chi connectivity index (χ3v) is 3.72. The summed E-state index contributed by atoms with van der Waals surface area (Å²) < 4.78 is 0. The SMILES string of the molecule is CCC(NC1CCN(C)C1=O)c1ccc(C)cc1. The first-order valence-electron chi connectivity index (χ1n) is 6.69. The van der Waals surface area contributed by atoms with Crippen molar-refractivity contribution in [2.75, 3.05) is 13.6 Å². The van der Waals surface area contributed by atoms with E-state index >= 15 is 0 Å². The zero-order chi connectivity index (χ0) is 13.1. The lowest BCUT2D eigenvalue weighted by molar-refractivity contribution is -0.128. The molecular weight excluding hydrogens is 224 g/mol. The van der Waals surface area contributed by atoms with Gasteiger partial charge in [-0.05, 0) is 25.3 Å². The second-order valence-electron chi connectivity index (χ2n) is 5.14. The fraction of sp³-hybridized carbons (Fsp3) is 0.533. The highest BCUT2D eigenvalue weighted by Crippen LogP contribution is 2.20. The van der Waals surface area contributed by atoms with Crippen molar-refractivity contribution in [1.82, 2.24) is 10.2 Å². The number of carbonyl (C=O) groups excluding carboxylic acids is 1.